The molecule has 0 radical (unpaired) electrons. The van der Waals surface area contributed by atoms with E-state index < -0.39 is 12.2 Å². The Morgan fingerprint density at radius 3 is 1.97 bits per heavy atom. The van der Waals surface area contributed by atoms with E-state index in [0.717, 1.165) is 0 Å². The van der Waals surface area contributed by atoms with Crippen LogP contribution in [0.2, 0.25) is 5.02 Å². The number of hydrogen-bond donors (Lipinski definition) is 2. The lowest BCUT2D eigenvalue weighted by Crippen LogP contribution is -2.32. The molecule has 6 nitrogen and oxygen atoms in total. The molecule has 2 amide bonds. The molecule has 166 valence electrons. The molecule has 0 spiro atoms. The van der Waals surface area contributed by atoms with Crippen LogP contribution >= 0.6 is 11.6 Å². The maximum Gasteiger partial charge on any atom is 0.265 e. The van der Waals surface area contributed by atoms with Crippen LogP contribution in [0, 0.1) is 0 Å². The first-order chi connectivity index (χ1) is 15.5. The summed E-state index contributed by atoms with van der Waals surface area (Å²) in [6.07, 6.45) is -0.827. The van der Waals surface area contributed by atoms with Crippen LogP contribution in [0.3, 0.4) is 0 Å². The Bertz CT molecular complexity index is 1040. The maximum atomic E-state index is 12.6. The van der Waals surface area contributed by atoms with Crippen LogP contribution in [0.15, 0.2) is 78.9 Å². The lowest BCUT2D eigenvalue weighted by atomic mass is 10.2. The first-order valence-electron chi connectivity index (χ1n) is 10.3. The van der Waals surface area contributed by atoms with Crippen LogP contribution in [-0.2, 0) is 9.59 Å². The van der Waals surface area contributed by atoms with Gasteiger partial charge in [-0.1, -0.05) is 48.9 Å². The van der Waals surface area contributed by atoms with E-state index in [-0.39, 0.29) is 11.8 Å². The maximum absolute atomic E-state index is 12.6. The number of rotatable bonds is 9. The van der Waals surface area contributed by atoms with E-state index in [1.54, 1.807) is 55.5 Å². The van der Waals surface area contributed by atoms with Gasteiger partial charge in [-0.15, -0.1) is 0 Å². The van der Waals surface area contributed by atoms with Crippen molar-refractivity contribution in [3.05, 3.63) is 83.9 Å². The van der Waals surface area contributed by atoms with Crippen LogP contribution < -0.4 is 20.1 Å². The highest BCUT2D eigenvalue weighted by atomic mass is 35.5. The van der Waals surface area contributed by atoms with Crippen LogP contribution in [0.4, 0.5) is 11.4 Å². The third-order valence-corrected chi connectivity index (χ3v) is 4.93. The van der Waals surface area contributed by atoms with Gasteiger partial charge in [-0.3, -0.25) is 9.59 Å². The molecule has 2 unspecified atom stereocenters. The van der Waals surface area contributed by atoms with Gasteiger partial charge in [0.1, 0.15) is 11.5 Å². The Labute approximate surface area is 192 Å². The fraction of sp³-hybridized carbons (Fsp3) is 0.200. The van der Waals surface area contributed by atoms with E-state index >= 15 is 0 Å². The zero-order chi connectivity index (χ0) is 22.9. The second kappa shape index (κ2) is 11.2. The SMILES string of the molecule is CCC(Oc1ccccc1)C(=O)Nc1ccc(NC(=O)C(C)Oc2ccccc2Cl)cc1. The first-order valence-corrected chi connectivity index (χ1v) is 10.7. The van der Waals surface area contributed by atoms with E-state index in [4.69, 9.17) is 21.1 Å². The minimum atomic E-state index is -0.741. The average molecular weight is 453 g/mol. The number of carbonyl (C=O) groups excluding carboxylic acids is 2. The number of para-hydroxylation sites is 2. The average Bonchev–Trinajstić information content (AvgIpc) is 2.80. The van der Waals surface area contributed by atoms with Crippen molar-refractivity contribution < 1.29 is 19.1 Å². The standard InChI is InChI=1S/C25H25ClN2O4/c1-3-22(32-20-9-5-4-6-10-20)25(30)28-19-15-13-18(14-16-19)27-24(29)17(2)31-23-12-8-7-11-21(23)26/h4-17,22H,3H2,1-2H3,(H,27,29)(H,28,30). The normalized spacial score (nSPS) is 12.3. The van der Waals surface area contributed by atoms with Crippen molar-refractivity contribution >= 4 is 34.8 Å². The predicted octanol–water partition coefficient (Wildman–Crippen LogP) is 5.54. The predicted molar refractivity (Wildman–Crippen MR) is 126 cm³/mol. The summed E-state index contributed by atoms with van der Waals surface area (Å²) in [6.45, 7) is 3.53. The molecule has 7 heteroatoms. The smallest absolute Gasteiger partial charge is 0.265 e. The van der Waals surface area contributed by atoms with E-state index in [9.17, 15) is 9.59 Å². The number of hydrogen-bond acceptors (Lipinski definition) is 4. The zero-order valence-electron chi connectivity index (χ0n) is 17.9. The largest absolute Gasteiger partial charge is 0.481 e. The molecule has 0 aliphatic heterocycles. The summed E-state index contributed by atoms with van der Waals surface area (Å²) in [4.78, 5) is 25.0. The van der Waals surface area contributed by atoms with Crippen LogP contribution in [0.5, 0.6) is 11.5 Å². The molecule has 3 rings (SSSR count). The minimum absolute atomic E-state index is 0.241. The summed E-state index contributed by atoms with van der Waals surface area (Å²) in [5.74, 6) is 0.526. The van der Waals surface area contributed by atoms with Crippen LogP contribution in [0.1, 0.15) is 20.3 Å². The molecule has 0 saturated heterocycles. The highest BCUT2D eigenvalue weighted by Crippen LogP contribution is 2.24. The topological polar surface area (TPSA) is 76.7 Å². The Balaban J connectivity index is 1.54. The molecule has 0 bridgehead atoms. The number of amides is 2. The van der Waals surface area contributed by atoms with Gasteiger partial charge >= 0.3 is 0 Å². The molecule has 0 saturated carbocycles. The van der Waals surface area contributed by atoms with Gasteiger partial charge in [-0.25, -0.2) is 0 Å². The molecular formula is C25H25ClN2O4. The van der Waals surface area contributed by atoms with Crippen molar-refractivity contribution in [1.29, 1.82) is 0 Å². The molecular weight excluding hydrogens is 428 g/mol. The monoisotopic (exact) mass is 452 g/mol. The molecule has 0 fully saturated rings. The molecule has 2 atom stereocenters. The molecule has 0 aromatic heterocycles. The fourth-order valence-electron chi connectivity index (χ4n) is 2.87. The van der Waals surface area contributed by atoms with E-state index in [1.165, 1.54) is 0 Å². The first kappa shape index (κ1) is 23.2. The third-order valence-electron chi connectivity index (χ3n) is 4.61. The number of carbonyl (C=O) groups is 2. The molecule has 0 aliphatic rings. The molecule has 32 heavy (non-hydrogen) atoms. The lowest BCUT2D eigenvalue weighted by Gasteiger charge is -2.18. The Morgan fingerprint density at radius 1 is 0.812 bits per heavy atom. The molecule has 3 aromatic rings. The zero-order valence-corrected chi connectivity index (χ0v) is 18.6. The van der Waals surface area contributed by atoms with Crippen LogP contribution in [0.25, 0.3) is 0 Å². The highest BCUT2D eigenvalue weighted by molar-refractivity contribution is 6.32. The Hall–Kier alpha value is -3.51. The van der Waals surface area contributed by atoms with Crippen molar-refractivity contribution in [3.63, 3.8) is 0 Å². The van der Waals surface area contributed by atoms with Gasteiger partial charge < -0.3 is 20.1 Å². The summed E-state index contributed by atoms with van der Waals surface area (Å²) in [5.41, 5.74) is 1.18. The minimum Gasteiger partial charge on any atom is -0.481 e. The van der Waals surface area contributed by atoms with E-state index in [2.05, 4.69) is 10.6 Å². The number of ether oxygens (including phenoxy) is 2. The van der Waals surface area contributed by atoms with Crippen molar-refractivity contribution in [2.75, 3.05) is 10.6 Å². The van der Waals surface area contributed by atoms with Gasteiger partial charge in [0.25, 0.3) is 11.8 Å². The summed E-state index contributed by atoms with van der Waals surface area (Å²) in [5, 5.41) is 6.06. The highest BCUT2D eigenvalue weighted by Gasteiger charge is 2.19. The second-order valence-corrected chi connectivity index (χ2v) is 7.48. The van der Waals surface area contributed by atoms with Crippen molar-refractivity contribution in [1.82, 2.24) is 0 Å². The summed E-state index contributed by atoms with van der Waals surface area (Å²) in [6, 6.07) is 23.0. The van der Waals surface area contributed by atoms with Gasteiger partial charge in [0.05, 0.1) is 5.02 Å². The molecule has 0 aliphatic carbocycles. The molecule has 0 heterocycles. The Kier molecular flexibility index (Phi) is 8.11. The molecule has 3 aromatic carbocycles. The number of nitrogens with one attached hydrogen (secondary N) is 2. The van der Waals surface area contributed by atoms with Gasteiger partial charge in [-0.2, -0.15) is 0 Å². The van der Waals surface area contributed by atoms with Crippen molar-refractivity contribution in [2.24, 2.45) is 0 Å². The third kappa shape index (κ3) is 6.49. The summed E-state index contributed by atoms with van der Waals surface area (Å²) in [7, 11) is 0. The fourth-order valence-corrected chi connectivity index (χ4v) is 3.05. The number of halogens is 1. The lowest BCUT2D eigenvalue weighted by molar-refractivity contribution is -0.123. The molecule has 2 N–H and O–H groups in total. The van der Waals surface area contributed by atoms with Gasteiger partial charge in [0.15, 0.2) is 12.2 Å². The number of benzene rings is 3. The quantitative estimate of drug-likeness (QED) is 0.446. The van der Waals surface area contributed by atoms with E-state index in [1.807, 2.05) is 37.3 Å². The number of anilines is 2. The van der Waals surface area contributed by atoms with E-state index in [0.29, 0.717) is 34.3 Å². The van der Waals surface area contributed by atoms with Gasteiger partial charge in [-0.05, 0) is 61.9 Å². The van der Waals surface area contributed by atoms with Crippen molar-refractivity contribution in [2.45, 2.75) is 32.5 Å². The van der Waals surface area contributed by atoms with Crippen molar-refractivity contribution in [3.8, 4) is 11.5 Å². The second-order valence-electron chi connectivity index (χ2n) is 7.07. The van der Waals surface area contributed by atoms with Gasteiger partial charge in [0.2, 0.25) is 0 Å². The Morgan fingerprint density at radius 2 is 1.38 bits per heavy atom. The van der Waals surface area contributed by atoms with Gasteiger partial charge in [0, 0.05) is 11.4 Å². The summed E-state index contributed by atoms with van der Waals surface area (Å²) >= 11 is 6.07. The van der Waals surface area contributed by atoms with Crippen LogP contribution in [-0.4, -0.2) is 24.0 Å². The summed E-state index contributed by atoms with van der Waals surface area (Å²) < 4.78 is 11.4.